The van der Waals surface area contributed by atoms with Gasteiger partial charge in [-0.3, -0.25) is 9.59 Å². The number of halogens is 1. The van der Waals surface area contributed by atoms with Crippen molar-refractivity contribution in [3.8, 4) is 0 Å². The van der Waals surface area contributed by atoms with E-state index in [1.165, 1.54) is 16.6 Å². The Hall–Kier alpha value is -2.49. The van der Waals surface area contributed by atoms with Gasteiger partial charge in [-0.2, -0.15) is 4.31 Å². The van der Waals surface area contributed by atoms with E-state index in [1.807, 2.05) is 0 Å². The first-order valence-corrected chi connectivity index (χ1v) is 11.8. The second-order valence-corrected chi connectivity index (χ2v) is 9.55. The molecule has 3 rings (SSSR count). The molecule has 0 saturated carbocycles. The maximum Gasteiger partial charge on any atom is 0.306 e. The van der Waals surface area contributed by atoms with Crippen LogP contribution in [-0.2, 0) is 30.8 Å². The number of anilines is 1. The molecule has 1 aliphatic rings. The lowest BCUT2D eigenvalue weighted by Gasteiger charge is -2.25. The fourth-order valence-corrected chi connectivity index (χ4v) is 4.80. The van der Waals surface area contributed by atoms with Gasteiger partial charge in [0.05, 0.1) is 9.92 Å². The van der Waals surface area contributed by atoms with E-state index >= 15 is 0 Å². The number of rotatable bonds is 8. The molecule has 2 heterocycles. The normalized spacial score (nSPS) is 14.7. The molecule has 1 aromatic heterocycles. The number of nitrogens with zero attached hydrogens (tertiary/aromatic N) is 2. The summed E-state index contributed by atoms with van der Waals surface area (Å²) in [4.78, 5) is 27.9. The van der Waals surface area contributed by atoms with E-state index in [-0.39, 0.29) is 11.3 Å². The molecule has 10 heteroatoms. The van der Waals surface area contributed by atoms with Gasteiger partial charge in [0.2, 0.25) is 10.0 Å². The van der Waals surface area contributed by atoms with Crippen molar-refractivity contribution in [3.05, 3.63) is 53.2 Å². The number of benzene rings is 1. The Kier molecular flexibility index (Phi) is 8.00. The van der Waals surface area contributed by atoms with E-state index in [9.17, 15) is 18.0 Å². The summed E-state index contributed by atoms with van der Waals surface area (Å²) in [5.41, 5.74) is 0.810. The van der Waals surface area contributed by atoms with Gasteiger partial charge >= 0.3 is 5.97 Å². The summed E-state index contributed by atoms with van der Waals surface area (Å²) in [6.45, 7) is 0.686. The van der Waals surface area contributed by atoms with Gasteiger partial charge < -0.3 is 10.1 Å². The van der Waals surface area contributed by atoms with Crippen LogP contribution in [0.5, 0.6) is 0 Å². The highest BCUT2D eigenvalue weighted by atomic mass is 35.5. The number of esters is 1. The van der Waals surface area contributed by atoms with Crippen molar-refractivity contribution < 1.29 is 22.7 Å². The van der Waals surface area contributed by atoms with Gasteiger partial charge in [0.15, 0.2) is 6.61 Å². The molecule has 1 aromatic carbocycles. The van der Waals surface area contributed by atoms with Crippen LogP contribution in [0, 0.1) is 0 Å². The SMILES string of the molecule is O=C(COC(=O)CCc1ccc(S(=O)(=O)N2CCCCC2)cc1)Nc1ccc(Cl)cn1. The van der Waals surface area contributed by atoms with Crippen LogP contribution in [-0.4, -0.2) is 49.3 Å². The summed E-state index contributed by atoms with van der Waals surface area (Å²) >= 11 is 5.73. The Morgan fingerprint density at radius 3 is 2.42 bits per heavy atom. The van der Waals surface area contributed by atoms with Gasteiger partial charge in [0.25, 0.3) is 5.91 Å². The van der Waals surface area contributed by atoms with Crippen molar-refractivity contribution in [2.24, 2.45) is 0 Å². The number of aromatic nitrogens is 1. The van der Waals surface area contributed by atoms with Crippen LogP contribution >= 0.6 is 11.6 Å². The number of sulfonamides is 1. The summed E-state index contributed by atoms with van der Waals surface area (Å²) in [5.74, 6) is -0.718. The minimum atomic E-state index is -3.47. The van der Waals surface area contributed by atoms with E-state index in [2.05, 4.69) is 10.3 Å². The predicted molar refractivity (Wildman–Crippen MR) is 116 cm³/mol. The highest BCUT2D eigenvalue weighted by Crippen LogP contribution is 2.21. The lowest BCUT2D eigenvalue weighted by Crippen LogP contribution is -2.35. The first-order chi connectivity index (χ1) is 14.8. The molecule has 0 atom stereocenters. The van der Waals surface area contributed by atoms with Gasteiger partial charge in [0, 0.05) is 25.7 Å². The molecule has 166 valence electrons. The quantitative estimate of drug-likeness (QED) is 0.600. The number of aryl methyl sites for hydroxylation is 1. The van der Waals surface area contributed by atoms with E-state index in [4.69, 9.17) is 16.3 Å². The van der Waals surface area contributed by atoms with Crippen LogP contribution < -0.4 is 5.32 Å². The standard InChI is InChI=1S/C21H24ClN3O5S/c22-17-7-10-19(23-14-17)24-20(26)15-30-21(27)11-6-16-4-8-18(9-5-16)31(28,29)25-12-2-1-3-13-25/h4-5,7-10,14H,1-3,6,11-13,15H2,(H,23,24,26). The van der Waals surface area contributed by atoms with Crippen LogP contribution in [0.1, 0.15) is 31.2 Å². The molecule has 0 aliphatic carbocycles. The van der Waals surface area contributed by atoms with E-state index < -0.39 is 28.5 Å². The fraction of sp³-hybridized carbons (Fsp3) is 0.381. The average Bonchev–Trinajstić information content (AvgIpc) is 2.79. The molecule has 1 fully saturated rings. The molecule has 1 saturated heterocycles. The lowest BCUT2D eigenvalue weighted by atomic mass is 10.1. The number of ether oxygens (including phenoxy) is 1. The van der Waals surface area contributed by atoms with Crippen LogP contribution in [0.25, 0.3) is 0 Å². The zero-order valence-electron chi connectivity index (χ0n) is 16.9. The number of nitrogens with one attached hydrogen (secondary N) is 1. The number of carbonyl (C=O) groups excluding carboxylic acids is 2. The number of piperidine rings is 1. The van der Waals surface area contributed by atoms with Crippen LogP contribution in [0.15, 0.2) is 47.5 Å². The molecule has 0 radical (unpaired) electrons. The number of hydrogen-bond acceptors (Lipinski definition) is 6. The molecular weight excluding hydrogens is 442 g/mol. The van der Waals surface area contributed by atoms with E-state index in [0.29, 0.717) is 30.4 Å². The molecule has 0 spiro atoms. The molecule has 1 amide bonds. The van der Waals surface area contributed by atoms with Crippen molar-refractivity contribution in [1.29, 1.82) is 0 Å². The Balaban J connectivity index is 1.43. The Morgan fingerprint density at radius 2 is 1.77 bits per heavy atom. The average molecular weight is 466 g/mol. The summed E-state index contributed by atoms with van der Waals surface area (Å²) in [6, 6.07) is 9.65. The minimum absolute atomic E-state index is 0.0741. The summed E-state index contributed by atoms with van der Waals surface area (Å²) in [5, 5.41) is 2.94. The van der Waals surface area contributed by atoms with Crippen molar-refractivity contribution in [2.45, 2.75) is 37.0 Å². The third-order valence-corrected chi connectivity index (χ3v) is 6.99. The smallest absolute Gasteiger partial charge is 0.306 e. The topological polar surface area (TPSA) is 106 Å². The molecule has 0 unspecified atom stereocenters. The fourth-order valence-electron chi connectivity index (χ4n) is 3.18. The Morgan fingerprint density at radius 1 is 1.06 bits per heavy atom. The molecule has 0 bridgehead atoms. The number of pyridine rings is 1. The first-order valence-electron chi connectivity index (χ1n) is 10.0. The maximum absolute atomic E-state index is 12.7. The zero-order valence-corrected chi connectivity index (χ0v) is 18.5. The highest BCUT2D eigenvalue weighted by molar-refractivity contribution is 7.89. The molecule has 1 N–H and O–H groups in total. The maximum atomic E-state index is 12.7. The van der Waals surface area contributed by atoms with Gasteiger partial charge in [-0.25, -0.2) is 13.4 Å². The minimum Gasteiger partial charge on any atom is -0.456 e. The third kappa shape index (κ3) is 6.75. The number of carbonyl (C=O) groups is 2. The second-order valence-electron chi connectivity index (χ2n) is 7.18. The van der Waals surface area contributed by atoms with Crippen molar-refractivity contribution in [1.82, 2.24) is 9.29 Å². The van der Waals surface area contributed by atoms with Gasteiger partial charge in [-0.15, -0.1) is 0 Å². The molecule has 31 heavy (non-hydrogen) atoms. The van der Waals surface area contributed by atoms with E-state index in [0.717, 1.165) is 24.8 Å². The van der Waals surface area contributed by atoms with Crippen molar-refractivity contribution >= 4 is 39.3 Å². The van der Waals surface area contributed by atoms with Crippen LogP contribution in [0.4, 0.5) is 5.82 Å². The molecular formula is C21H24ClN3O5S. The number of amides is 1. The van der Waals surface area contributed by atoms with Crippen LogP contribution in [0.2, 0.25) is 5.02 Å². The highest BCUT2D eigenvalue weighted by Gasteiger charge is 2.25. The van der Waals surface area contributed by atoms with Crippen LogP contribution in [0.3, 0.4) is 0 Å². The van der Waals surface area contributed by atoms with E-state index in [1.54, 1.807) is 30.3 Å². The lowest BCUT2D eigenvalue weighted by molar-refractivity contribution is -0.147. The van der Waals surface area contributed by atoms with Gasteiger partial charge in [-0.1, -0.05) is 30.2 Å². The second kappa shape index (κ2) is 10.7. The first kappa shape index (κ1) is 23.2. The molecule has 1 aliphatic heterocycles. The van der Waals surface area contributed by atoms with Gasteiger partial charge in [0.1, 0.15) is 5.82 Å². The zero-order chi connectivity index (χ0) is 22.3. The summed E-state index contributed by atoms with van der Waals surface area (Å²) in [6.07, 6.45) is 4.67. The monoisotopic (exact) mass is 465 g/mol. The molecule has 8 nitrogen and oxygen atoms in total. The molecule has 2 aromatic rings. The van der Waals surface area contributed by atoms with Crippen molar-refractivity contribution in [2.75, 3.05) is 25.0 Å². The Labute approximate surface area is 186 Å². The van der Waals surface area contributed by atoms with Gasteiger partial charge in [-0.05, 0) is 49.1 Å². The summed E-state index contributed by atoms with van der Waals surface area (Å²) < 4.78 is 31.8. The predicted octanol–water partition coefficient (Wildman–Crippen LogP) is 3.02. The van der Waals surface area contributed by atoms with Crippen molar-refractivity contribution in [3.63, 3.8) is 0 Å². The third-order valence-electron chi connectivity index (χ3n) is 4.85. The summed E-state index contributed by atoms with van der Waals surface area (Å²) in [7, 11) is -3.47. The largest absolute Gasteiger partial charge is 0.456 e. The Bertz CT molecular complexity index is 1000. The number of hydrogen-bond donors (Lipinski definition) is 1.